The number of hydrogen-bond acceptors (Lipinski definition) is 3. The van der Waals surface area contributed by atoms with E-state index in [0.29, 0.717) is 0 Å². The van der Waals surface area contributed by atoms with Crippen molar-refractivity contribution >= 4 is 15.9 Å². The number of benzene rings is 1. The van der Waals surface area contributed by atoms with Crippen LogP contribution in [-0.4, -0.2) is 19.3 Å². The number of hydrogen-bond donors (Lipinski definition) is 0. The molecule has 0 N–H and O–H groups in total. The van der Waals surface area contributed by atoms with Gasteiger partial charge in [-0.05, 0) is 18.2 Å². The second kappa shape index (κ2) is 4.88. The topological polar surface area (TPSA) is 27.7 Å². The summed E-state index contributed by atoms with van der Waals surface area (Å²) in [6, 6.07) is 7.74. The smallest absolute Gasteiger partial charge is 0.185 e. The number of halogens is 1. The number of ether oxygens (including phenoxy) is 3. The van der Waals surface area contributed by atoms with E-state index in [1.807, 2.05) is 42.5 Å². The van der Waals surface area contributed by atoms with Crippen LogP contribution >= 0.6 is 15.9 Å². The molecular formula is C14H13BrO3. The molecule has 3 nitrogen and oxygen atoms in total. The van der Waals surface area contributed by atoms with Crippen LogP contribution in [0.15, 0.2) is 47.0 Å². The van der Waals surface area contributed by atoms with E-state index < -0.39 is 0 Å². The van der Waals surface area contributed by atoms with E-state index in [-0.39, 0.29) is 18.5 Å². The maximum absolute atomic E-state index is 5.91. The largest absolute Gasteiger partial charge is 0.497 e. The van der Waals surface area contributed by atoms with Crippen molar-refractivity contribution in [3.05, 3.63) is 52.5 Å². The Morgan fingerprint density at radius 3 is 2.61 bits per heavy atom. The Bertz CT molecular complexity index is 492. The highest BCUT2D eigenvalue weighted by molar-refractivity contribution is 9.11. The summed E-state index contributed by atoms with van der Waals surface area (Å²) in [4.78, 5) is 0. The van der Waals surface area contributed by atoms with E-state index in [9.17, 15) is 0 Å². The maximum atomic E-state index is 5.91. The molecule has 18 heavy (non-hydrogen) atoms. The molecule has 0 spiro atoms. The molecule has 2 aliphatic rings. The third kappa shape index (κ3) is 2.11. The van der Waals surface area contributed by atoms with Crippen molar-refractivity contribution in [2.75, 3.05) is 7.11 Å². The Balaban J connectivity index is 1.79. The first-order chi connectivity index (χ1) is 8.78. The standard InChI is InChI=1S/C14H13BrO3/c1-16-10-7-5-9(6-8-10)14-17-12-4-2-3-11(15)13(12)18-14/h2-8,12-14H,1H3/t12-,13+,14?/m0/s1. The summed E-state index contributed by atoms with van der Waals surface area (Å²) in [5, 5.41) is 0. The molecule has 1 aromatic carbocycles. The van der Waals surface area contributed by atoms with E-state index >= 15 is 0 Å². The van der Waals surface area contributed by atoms with Gasteiger partial charge in [0.05, 0.1) is 7.11 Å². The monoisotopic (exact) mass is 308 g/mol. The molecular weight excluding hydrogens is 296 g/mol. The van der Waals surface area contributed by atoms with Crippen molar-refractivity contribution in [1.29, 1.82) is 0 Å². The first kappa shape index (κ1) is 12.0. The lowest BCUT2D eigenvalue weighted by atomic mass is 10.1. The predicted molar refractivity (Wildman–Crippen MR) is 71.6 cm³/mol. The molecule has 1 aliphatic heterocycles. The first-order valence-electron chi connectivity index (χ1n) is 5.76. The van der Waals surface area contributed by atoms with E-state index in [1.165, 1.54) is 0 Å². The fourth-order valence-corrected chi connectivity index (χ4v) is 2.62. The molecule has 1 aromatic rings. The van der Waals surface area contributed by atoms with Crippen LogP contribution in [0.2, 0.25) is 0 Å². The normalized spacial score (nSPS) is 29.9. The molecule has 0 bridgehead atoms. The first-order valence-corrected chi connectivity index (χ1v) is 6.56. The number of allylic oxidation sites excluding steroid dienone is 2. The van der Waals surface area contributed by atoms with Gasteiger partial charge in [-0.1, -0.05) is 40.2 Å². The van der Waals surface area contributed by atoms with Crippen molar-refractivity contribution in [2.24, 2.45) is 0 Å². The van der Waals surface area contributed by atoms with Gasteiger partial charge >= 0.3 is 0 Å². The molecule has 1 unspecified atom stereocenters. The number of methoxy groups -OCH3 is 1. The average molecular weight is 309 g/mol. The quantitative estimate of drug-likeness (QED) is 0.839. The van der Waals surface area contributed by atoms with E-state index in [1.54, 1.807) is 7.11 Å². The minimum Gasteiger partial charge on any atom is -0.497 e. The van der Waals surface area contributed by atoms with Crippen molar-refractivity contribution in [1.82, 2.24) is 0 Å². The molecule has 94 valence electrons. The summed E-state index contributed by atoms with van der Waals surface area (Å²) >= 11 is 3.50. The zero-order valence-corrected chi connectivity index (χ0v) is 11.5. The molecule has 1 heterocycles. The Hall–Kier alpha value is -1.10. The van der Waals surface area contributed by atoms with Crippen molar-refractivity contribution in [2.45, 2.75) is 18.5 Å². The Morgan fingerprint density at radius 2 is 1.94 bits per heavy atom. The minimum atomic E-state index is -0.324. The zero-order chi connectivity index (χ0) is 12.5. The summed E-state index contributed by atoms with van der Waals surface area (Å²) in [6.07, 6.45) is 5.60. The highest BCUT2D eigenvalue weighted by Crippen LogP contribution is 2.38. The van der Waals surface area contributed by atoms with Crippen LogP contribution in [0.5, 0.6) is 5.75 Å². The van der Waals surface area contributed by atoms with Gasteiger partial charge in [0.2, 0.25) is 0 Å². The summed E-state index contributed by atoms with van der Waals surface area (Å²) < 4.78 is 17.9. The Kier molecular flexibility index (Phi) is 3.24. The van der Waals surface area contributed by atoms with Crippen molar-refractivity contribution < 1.29 is 14.2 Å². The van der Waals surface area contributed by atoms with Crippen LogP contribution < -0.4 is 4.74 Å². The number of fused-ring (bicyclic) bond motifs is 1. The van der Waals surface area contributed by atoms with Crippen LogP contribution in [0, 0.1) is 0 Å². The van der Waals surface area contributed by atoms with Gasteiger partial charge in [0.15, 0.2) is 6.29 Å². The minimum absolute atomic E-state index is 0.0172. The average Bonchev–Trinajstić information content (AvgIpc) is 2.84. The maximum Gasteiger partial charge on any atom is 0.185 e. The van der Waals surface area contributed by atoms with E-state index in [4.69, 9.17) is 14.2 Å². The zero-order valence-electron chi connectivity index (χ0n) is 9.88. The van der Waals surface area contributed by atoms with Gasteiger partial charge in [-0.3, -0.25) is 0 Å². The van der Waals surface area contributed by atoms with Gasteiger partial charge in [0.25, 0.3) is 0 Å². The van der Waals surface area contributed by atoms with Crippen molar-refractivity contribution in [3.63, 3.8) is 0 Å². The molecule has 0 amide bonds. The fourth-order valence-electron chi connectivity index (χ4n) is 2.09. The van der Waals surface area contributed by atoms with E-state index in [2.05, 4.69) is 15.9 Å². The molecule has 0 aromatic heterocycles. The molecule has 3 atom stereocenters. The lowest BCUT2D eigenvalue weighted by Crippen LogP contribution is -2.22. The molecule has 0 radical (unpaired) electrons. The van der Waals surface area contributed by atoms with Gasteiger partial charge < -0.3 is 14.2 Å². The third-order valence-electron chi connectivity index (χ3n) is 3.07. The summed E-state index contributed by atoms with van der Waals surface area (Å²) in [7, 11) is 1.65. The predicted octanol–water partition coefficient (Wildman–Crippen LogP) is 3.33. The summed E-state index contributed by atoms with van der Waals surface area (Å²) in [5.41, 5.74) is 0.999. The molecule has 4 heteroatoms. The van der Waals surface area contributed by atoms with E-state index in [0.717, 1.165) is 15.8 Å². The second-order valence-corrected chi connectivity index (χ2v) is 5.11. The number of rotatable bonds is 2. The van der Waals surface area contributed by atoms with Gasteiger partial charge in [-0.2, -0.15) is 0 Å². The Labute approximate surface area is 114 Å². The lowest BCUT2D eigenvalue weighted by Gasteiger charge is -2.15. The Morgan fingerprint density at radius 1 is 1.17 bits per heavy atom. The highest BCUT2D eigenvalue weighted by atomic mass is 79.9. The SMILES string of the molecule is COc1ccc(C2O[C@H]3C=CC=C(Br)[C@H]3O2)cc1. The highest BCUT2D eigenvalue weighted by Gasteiger charge is 2.37. The lowest BCUT2D eigenvalue weighted by molar-refractivity contribution is -0.0599. The molecule has 1 aliphatic carbocycles. The van der Waals surface area contributed by atoms with Crippen LogP contribution in [0.3, 0.4) is 0 Å². The fraction of sp³-hybridized carbons (Fsp3) is 0.286. The molecule has 0 saturated carbocycles. The van der Waals surface area contributed by atoms with Gasteiger partial charge in [-0.15, -0.1) is 0 Å². The molecule has 3 rings (SSSR count). The second-order valence-electron chi connectivity index (χ2n) is 4.20. The molecule has 1 fully saturated rings. The van der Waals surface area contributed by atoms with Crippen LogP contribution in [0.25, 0.3) is 0 Å². The van der Waals surface area contributed by atoms with Gasteiger partial charge in [-0.25, -0.2) is 0 Å². The van der Waals surface area contributed by atoms with Crippen LogP contribution in [-0.2, 0) is 9.47 Å². The molecule has 1 saturated heterocycles. The third-order valence-corrected chi connectivity index (χ3v) is 3.78. The van der Waals surface area contributed by atoms with Crippen LogP contribution in [0.1, 0.15) is 11.9 Å². The van der Waals surface area contributed by atoms with Crippen LogP contribution in [0.4, 0.5) is 0 Å². The summed E-state index contributed by atoms with van der Waals surface area (Å²) in [5.74, 6) is 0.829. The summed E-state index contributed by atoms with van der Waals surface area (Å²) in [6.45, 7) is 0. The van der Waals surface area contributed by atoms with Crippen molar-refractivity contribution in [3.8, 4) is 5.75 Å². The van der Waals surface area contributed by atoms with Gasteiger partial charge in [0.1, 0.15) is 18.0 Å². The van der Waals surface area contributed by atoms with Gasteiger partial charge in [0, 0.05) is 10.0 Å².